The molecule has 4 heterocycles. The molecular formula is C20H18ClN5O2S. The standard InChI is InChI=1S/C20H18ClN5O2S/c1-20-7-6-17(27)26(20)16(10-29-20)19(28)23-12-3-5-13-15(8-12)25-18(24-13)14-4-2-11(21)9-22-14/h2-5,8-9,16H,6-7,10H2,1H3,(H,23,28)(H,24,25)/t16-,20-/m1/s1. The molecule has 2 aliphatic heterocycles. The van der Waals surface area contributed by atoms with Crippen molar-refractivity contribution in [2.24, 2.45) is 0 Å². The molecule has 3 aromatic rings. The highest BCUT2D eigenvalue weighted by Gasteiger charge is 2.52. The van der Waals surface area contributed by atoms with Gasteiger partial charge in [0.15, 0.2) is 5.82 Å². The molecule has 2 atom stereocenters. The third kappa shape index (κ3) is 3.16. The number of halogens is 1. The summed E-state index contributed by atoms with van der Waals surface area (Å²) in [5, 5.41) is 3.52. The van der Waals surface area contributed by atoms with Crippen LogP contribution in [0.5, 0.6) is 0 Å². The van der Waals surface area contributed by atoms with Crippen molar-refractivity contribution in [2.75, 3.05) is 11.1 Å². The number of carbonyl (C=O) groups is 2. The first-order chi connectivity index (χ1) is 13.9. The van der Waals surface area contributed by atoms with Crippen LogP contribution in [-0.2, 0) is 9.59 Å². The van der Waals surface area contributed by atoms with Gasteiger partial charge in [0, 0.05) is 24.1 Å². The van der Waals surface area contributed by atoms with Crippen LogP contribution in [0.1, 0.15) is 19.8 Å². The molecule has 1 aromatic carbocycles. The van der Waals surface area contributed by atoms with Gasteiger partial charge in [-0.1, -0.05) is 11.6 Å². The number of nitrogens with one attached hydrogen (secondary N) is 2. The van der Waals surface area contributed by atoms with Gasteiger partial charge in [0.1, 0.15) is 11.7 Å². The largest absolute Gasteiger partial charge is 0.337 e. The lowest BCUT2D eigenvalue weighted by molar-refractivity contribution is -0.135. The minimum absolute atomic E-state index is 0.0572. The van der Waals surface area contributed by atoms with Gasteiger partial charge in [-0.05, 0) is 43.7 Å². The van der Waals surface area contributed by atoms with Crippen molar-refractivity contribution in [3.63, 3.8) is 0 Å². The molecule has 0 aliphatic carbocycles. The number of hydrogen-bond acceptors (Lipinski definition) is 5. The Morgan fingerprint density at radius 3 is 3.03 bits per heavy atom. The SMILES string of the molecule is C[C@@]12CCC(=O)N1[C@@H](C(=O)Nc1ccc3nc(-c4ccc(Cl)cn4)[nH]c3c1)CS2. The van der Waals surface area contributed by atoms with Crippen LogP contribution in [0.15, 0.2) is 36.5 Å². The Labute approximate surface area is 176 Å². The number of carbonyl (C=O) groups excluding carboxylic acids is 2. The molecule has 5 rings (SSSR count). The maximum Gasteiger partial charge on any atom is 0.248 e. The summed E-state index contributed by atoms with van der Waals surface area (Å²) in [5.41, 5.74) is 2.91. The molecule has 2 saturated heterocycles. The van der Waals surface area contributed by atoms with Crippen LogP contribution in [0.2, 0.25) is 5.02 Å². The van der Waals surface area contributed by atoms with Crippen molar-refractivity contribution in [1.29, 1.82) is 0 Å². The van der Waals surface area contributed by atoms with Gasteiger partial charge in [-0.2, -0.15) is 0 Å². The summed E-state index contributed by atoms with van der Waals surface area (Å²) >= 11 is 7.58. The molecule has 0 radical (unpaired) electrons. The molecule has 2 N–H and O–H groups in total. The number of fused-ring (bicyclic) bond motifs is 2. The van der Waals surface area contributed by atoms with Gasteiger partial charge >= 0.3 is 0 Å². The topological polar surface area (TPSA) is 91.0 Å². The van der Waals surface area contributed by atoms with E-state index in [0.717, 1.165) is 17.5 Å². The Morgan fingerprint density at radius 1 is 1.38 bits per heavy atom. The smallest absolute Gasteiger partial charge is 0.248 e. The summed E-state index contributed by atoms with van der Waals surface area (Å²) in [6.07, 6.45) is 2.87. The van der Waals surface area contributed by atoms with Crippen LogP contribution >= 0.6 is 23.4 Å². The predicted molar refractivity (Wildman–Crippen MR) is 114 cm³/mol. The summed E-state index contributed by atoms with van der Waals surface area (Å²) in [7, 11) is 0. The molecule has 0 spiro atoms. The van der Waals surface area contributed by atoms with E-state index < -0.39 is 6.04 Å². The molecule has 7 nitrogen and oxygen atoms in total. The van der Waals surface area contributed by atoms with Gasteiger partial charge < -0.3 is 15.2 Å². The zero-order valence-corrected chi connectivity index (χ0v) is 17.2. The number of aromatic amines is 1. The molecule has 2 amide bonds. The summed E-state index contributed by atoms with van der Waals surface area (Å²) in [5.74, 6) is 1.15. The highest BCUT2D eigenvalue weighted by atomic mass is 35.5. The van der Waals surface area contributed by atoms with Crippen LogP contribution in [-0.4, -0.2) is 48.3 Å². The molecule has 2 fully saturated rings. The van der Waals surface area contributed by atoms with Gasteiger partial charge in [-0.25, -0.2) is 4.98 Å². The number of pyridine rings is 1. The highest BCUT2D eigenvalue weighted by Crippen LogP contribution is 2.47. The quantitative estimate of drug-likeness (QED) is 0.665. The lowest BCUT2D eigenvalue weighted by atomic mass is 10.2. The van der Waals surface area contributed by atoms with Crippen molar-refractivity contribution >= 4 is 51.9 Å². The number of H-pyrrole nitrogens is 1. The van der Waals surface area contributed by atoms with Crippen molar-refractivity contribution in [3.05, 3.63) is 41.6 Å². The van der Waals surface area contributed by atoms with E-state index in [1.807, 2.05) is 25.1 Å². The normalized spacial score (nSPS) is 23.6. The first-order valence-corrected chi connectivity index (χ1v) is 10.7. The Hall–Kier alpha value is -2.58. The van der Waals surface area contributed by atoms with E-state index in [9.17, 15) is 9.59 Å². The minimum atomic E-state index is -0.439. The second-order valence-electron chi connectivity index (χ2n) is 7.43. The molecule has 9 heteroatoms. The molecule has 0 bridgehead atoms. The summed E-state index contributed by atoms with van der Waals surface area (Å²) < 4.78 is 0. The van der Waals surface area contributed by atoms with Crippen LogP contribution in [0, 0.1) is 0 Å². The molecule has 2 aromatic heterocycles. The molecular weight excluding hydrogens is 410 g/mol. The van der Waals surface area contributed by atoms with Gasteiger partial charge in [0.2, 0.25) is 11.8 Å². The van der Waals surface area contributed by atoms with Crippen molar-refractivity contribution in [3.8, 4) is 11.5 Å². The molecule has 29 heavy (non-hydrogen) atoms. The number of anilines is 1. The van der Waals surface area contributed by atoms with Crippen LogP contribution in [0.4, 0.5) is 5.69 Å². The molecule has 2 aliphatic rings. The number of aromatic nitrogens is 3. The maximum atomic E-state index is 12.9. The summed E-state index contributed by atoms with van der Waals surface area (Å²) in [6.45, 7) is 2.04. The van der Waals surface area contributed by atoms with E-state index in [2.05, 4.69) is 20.3 Å². The number of nitrogens with zero attached hydrogens (tertiary/aromatic N) is 3. The zero-order valence-electron chi connectivity index (χ0n) is 15.6. The third-order valence-electron chi connectivity index (χ3n) is 5.47. The number of benzene rings is 1. The zero-order chi connectivity index (χ0) is 20.2. The number of amides is 2. The van der Waals surface area contributed by atoms with Crippen LogP contribution in [0.25, 0.3) is 22.6 Å². The summed E-state index contributed by atoms with van der Waals surface area (Å²) in [4.78, 5) is 38.7. The number of hydrogen-bond donors (Lipinski definition) is 2. The third-order valence-corrected chi connectivity index (χ3v) is 7.20. The second kappa shape index (κ2) is 6.74. The lowest BCUT2D eigenvalue weighted by Gasteiger charge is -2.29. The number of thioether (sulfide) groups is 1. The molecule has 0 unspecified atom stereocenters. The van der Waals surface area contributed by atoms with E-state index in [0.29, 0.717) is 34.4 Å². The van der Waals surface area contributed by atoms with Gasteiger partial charge in [-0.15, -0.1) is 11.8 Å². The van der Waals surface area contributed by atoms with E-state index in [1.165, 1.54) is 0 Å². The minimum Gasteiger partial charge on any atom is -0.337 e. The monoisotopic (exact) mass is 427 g/mol. The Balaban J connectivity index is 1.37. The predicted octanol–water partition coefficient (Wildman–Crippen LogP) is 3.67. The fourth-order valence-corrected chi connectivity index (χ4v) is 5.51. The van der Waals surface area contributed by atoms with E-state index in [-0.39, 0.29) is 16.7 Å². The average molecular weight is 428 g/mol. The van der Waals surface area contributed by atoms with Crippen molar-refractivity contribution in [1.82, 2.24) is 19.9 Å². The number of rotatable bonds is 3. The number of imidazole rings is 1. The van der Waals surface area contributed by atoms with Gasteiger partial charge in [0.05, 0.1) is 20.9 Å². The first kappa shape index (κ1) is 18.4. The van der Waals surface area contributed by atoms with Crippen molar-refractivity contribution in [2.45, 2.75) is 30.7 Å². The van der Waals surface area contributed by atoms with E-state index >= 15 is 0 Å². The summed E-state index contributed by atoms with van der Waals surface area (Å²) in [6, 6.07) is 8.61. The van der Waals surface area contributed by atoms with E-state index in [1.54, 1.807) is 35.0 Å². The Kier molecular flexibility index (Phi) is 4.29. The molecule has 148 valence electrons. The average Bonchev–Trinajstić information content (AvgIpc) is 3.35. The Bertz CT molecular complexity index is 1130. The highest BCUT2D eigenvalue weighted by molar-refractivity contribution is 8.01. The van der Waals surface area contributed by atoms with Crippen LogP contribution in [0.3, 0.4) is 0 Å². The first-order valence-electron chi connectivity index (χ1n) is 9.32. The maximum absolute atomic E-state index is 12.9. The van der Waals surface area contributed by atoms with Crippen molar-refractivity contribution < 1.29 is 9.59 Å². The lowest BCUT2D eigenvalue weighted by Crippen LogP contribution is -2.48. The van der Waals surface area contributed by atoms with Crippen LogP contribution < -0.4 is 5.32 Å². The molecule has 0 saturated carbocycles. The fraction of sp³-hybridized carbons (Fsp3) is 0.300. The fourth-order valence-electron chi connectivity index (χ4n) is 3.96. The van der Waals surface area contributed by atoms with Gasteiger partial charge in [-0.3, -0.25) is 14.6 Å². The van der Waals surface area contributed by atoms with Gasteiger partial charge in [0.25, 0.3) is 0 Å². The second-order valence-corrected chi connectivity index (χ2v) is 9.37. The Morgan fingerprint density at radius 2 is 2.24 bits per heavy atom. The van der Waals surface area contributed by atoms with E-state index in [4.69, 9.17) is 11.6 Å².